The second-order valence-corrected chi connectivity index (χ2v) is 8.09. The minimum atomic E-state index is -0.392. The van der Waals surface area contributed by atoms with Crippen molar-refractivity contribution in [2.24, 2.45) is 5.92 Å². The molecule has 2 fully saturated rings. The van der Waals surface area contributed by atoms with Gasteiger partial charge in [-0.2, -0.15) is 0 Å². The van der Waals surface area contributed by atoms with Gasteiger partial charge in [-0.25, -0.2) is 4.39 Å². The number of carbonyl (C=O) groups excluding carboxylic acids is 1. The van der Waals surface area contributed by atoms with Crippen LogP contribution in [0.3, 0.4) is 0 Å². The molecule has 1 aromatic heterocycles. The zero-order chi connectivity index (χ0) is 18.8. The number of aromatic nitrogens is 1. The highest BCUT2D eigenvalue weighted by Crippen LogP contribution is 2.55. The van der Waals surface area contributed by atoms with Gasteiger partial charge in [0.15, 0.2) is 0 Å². The summed E-state index contributed by atoms with van der Waals surface area (Å²) in [4.78, 5) is 19.9. The summed E-state index contributed by atoms with van der Waals surface area (Å²) in [6.07, 6.45) is 2.94. The molecule has 138 valence electrons. The summed E-state index contributed by atoms with van der Waals surface area (Å²) in [7, 11) is 0. The smallest absolute Gasteiger partial charge is 0.252 e. The largest absolute Gasteiger partial charge is 0.344 e. The SMILES string of the molecule is C=C(C)N1CC2CC2c2nc(C3(NC(=O)c4ccc(F)cc4)CC3)ccc21. The molecule has 0 spiro atoms. The Balaban J connectivity index is 1.43. The molecule has 0 bridgehead atoms. The zero-order valence-electron chi connectivity index (χ0n) is 15.3. The molecule has 27 heavy (non-hydrogen) atoms. The van der Waals surface area contributed by atoms with Gasteiger partial charge in [0.05, 0.1) is 22.6 Å². The first-order valence-corrected chi connectivity index (χ1v) is 9.49. The van der Waals surface area contributed by atoms with Gasteiger partial charge in [-0.1, -0.05) is 6.58 Å². The third kappa shape index (κ3) is 2.73. The number of hydrogen-bond donors (Lipinski definition) is 1. The lowest BCUT2D eigenvalue weighted by Gasteiger charge is -2.31. The van der Waals surface area contributed by atoms with Crippen molar-refractivity contribution in [1.82, 2.24) is 10.3 Å². The van der Waals surface area contributed by atoms with E-state index in [9.17, 15) is 9.18 Å². The average molecular weight is 363 g/mol. The van der Waals surface area contributed by atoms with E-state index in [1.807, 2.05) is 13.0 Å². The van der Waals surface area contributed by atoms with E-state index in [1.165, 1.54) is 30.7 Å². The van der Waals surface area contributed by atoms with Crippen molar-refractivity contribution in [3.05, 3.63) is 71.4 Å². The Morgan fingerprint density at radius 2 is 2.00 bits per heavy atom. The molecule has 2 unspecified atom stereocenters. The Labute approximate surface area is 158 Å². The van der Waals surface area contributed by atoms with Crippen molar-refractivity contribution in [2.75, 3.05) is 11.4 Å². The molecule has 2 aliphatic carbocycles. The van der Waals surface area contributed by atoms with Crippen molar-refractivity contribution in [1.29, 1.82) is 0 Å². The number of halogens is 1. The number of benzene rings is 1. The van der Waals surface area contributed by atoms with Gasteiger partial charge >= 0.3 is 0 Å². The van der Waals surface area contributed by atoms with E-state index < -0.39 is 5.54 Å². The summed E-state index contributed by atoms with van der Waals surface area (Å²) in [6.45, 7) is 7.17. The summed E-state index contributed by atoms with van der Waals surface area (Å²) in [5, 5.41) is 3.13. The van der Waals surface area contributed by atoms with Gasteiger partial charge < -0.3 is 10.2 Å². The van der Waals surface area contributed by atoms with Crippen LogP contribution in [-0.4, -0.2) is 17.4 Å². The molecule has 1 aliphatic heterocycles. The van der Waals surface area contributed by atoms with Crippen LogP contribution in [0.5, 0.6) is 0 Å². The molecule has 5 heteroatoms. The molecule has 1 aromatic carbocycles. The number of rotatable bonds is 4. The van der Waals surface area contributed by atoms with E-state index in [1.54, 1.807) is 0 Å². The molecule has 2 saturated carbocycles. The van der Waals surface area contributed by atoms with Crippen LogP contribution in [0.4, 0.5) is 10.1 Å². The van der Waals surface area contributed by atoms with Crippen molar-refractivity contribution < 1.29 is 9.18 Å². The number of pyridine rings is 1. The number of hydrogen-bond acceptors (Lipinski definition) is 3. The van der Waals surface area contributed by atoms with Crippen molar-refractivity contribution in [3.63, 3.8) is 0 Å². The lowest BCUT2D eigenvalue weighted by atomic mass is 10.0. The molecule has 0 saturated heterocycles. The first-order chi connectivity index (χ1) is 13.0. The maximum atomic E-state index is 13.1. The van der Waals surface area contributed by atoms with Crippen LogP contribution < -0.4 is 10.2 Å². The highest BCUT2D eigenvalue weighted by molar-refractivity contribution is 5.95. The fourth-order valence-corrected chi connectivity index (χ4v) is 4.17. The van der Waals surface area contributed by atoms with Gasteiger partial charge in [0.25, 0.3) is 5.91 Å². The molecular weight excluding hydrogens is 341 g/mol. The van der Waals surface area contributed by atoms with Gasteiger partial charge in [0, 0.05) is 23.7 Å². The summed E-state index contributed by atoms with van der Waals surface area (Å²) in [6, 6.07) is 9.82. The van der Waals surface area contributed by atoms with Gasteiger partial charge in [-0.15, -0.1) is 0 Å². The molecule has 5 rings (SSSR count). The molecular formula is C22H22FN3O. The van der Waals surface area contributed by atoms with E-state index in [-0.39, 0.29) is 11.7 Å². The predicted octanol–water partition coefficient (Wildman–Crippen LogP) is 4.10. The molecule has 4 nitrogen and oxygen atoms in total. The maximum absolute atomic E-state index is 13.1. The minimum Gasteiger partial charge on any atom is -0.344 e. The van der Waals surface area contributed by atoms with E-state index in [0.29, 0.717) is 17.4 Å². The molecule has 1 amide bonds. The predicted molar refractivity (Wildman–Crippen MR) is 102 cm³/mol. The van der Waals surface area contributed by atoms with Gasteiger partial charge in [-0.3, -0.25) is 9.78 Å². The molecule has 2 atom stereocenters. The number of fused-ring (bicyclic) bond motifs is 3. The summed E-state index contributed by atoms with van der Waals surface area (Å²) < 4.78 is 13.1. The Hall–Kier alpha value is -2.69. The highest BCUT2D eigenvalue weighted by atomic mass is 19.1. The zero-order valence-corrected chi connectivity index (χ0v) is 15.3. The Kier molecular flexibility index (Phi) is 3.45. The van der Waals surface area contributed by atoms with Gasteiger partial charge in [0.2, 0.25) is 0 Å². The Bertz CT molecular complexity index is 949. The van der Waals surface area contributed by atoms with E-state index in [0.717, 1.165) is 42.2 Å². The van der Waals surface area contributed by atoms with Crippen LogP contribution in [0.1, 0.15) is 53.8 Å². The Morgan fingerprint density at radius 3 is 2.67 bits per heavy atom. The van der Waals surface area contributed by atoms with Crippen molar-refractivity contribution in [3.8, 4) is 0 Å². The average Bonchev–Trinajstić information content (AvgIpc) is 3.56. The quantitative estimate of drug-likeness (QED) is 0.890. The van der Waals surface area contributed by atoms with Crippen LogP contribution in [0.2, 0.25) is 0 Å². The van der Waals surface area contributed by atoms with Crippen LogP contribution >= 0.6 is 0 Å². The molecule has 0 radical (unpaired) electrons. The summed E-state index contributed by atoms with van der Waals surface area (Å²) in [5.41, 5.74) is 4.36. The van der Waals surface area contributed by atoms with E-state index in [2.05, 4.69) is 22.9 Å². The molecule has 3 aliphatic rings. The second-order valence-electron chi connectivity index (χ2n) is 8.09. The fraction of sp³-hybridized carbons (Fsp3) is 0.364. The van der Waals surface area contributed by atoms with Crippen molar-refractivity contribution in [2.45, 2.75) is 37.6 Å². The number of anilines is 1. The van der Waals surface area contributed by atoms with Crippen LogP contribution in [0.15, 0.2) is 48.7 Å². The lowest BCUT2D eigenvalue weighted by molar-refractivity contribution is 0.0929. The monoisotopic (exact) mass is 363 g/mol. The lowest BCUT2D eigenvalue weighted by Crippen LogP contribution is -2.36. The molecule has 2 aromatic rings. The van der Waals surface area contributed by atoms with Gasteiger partial charge in [-0.05, 0) is 68.5 Å². The maximum Gasteiger partial charge on any atom is 0.252 e. The number of allylic oxidation sites excluding steroid dienone is 1. The molecule has 1 N–H and O–H groups in total. The Morgan fingerprint density at radius 1 is 1.26 bits per heavy atom. The molecule has 2 heterocycles. The van der Waals surface area contributed by atoms with Crippen LogP contribution in [0.25, 0.3) is 0 Å². The first kappa shape index (κ1) is 16.5. The van der Waals surface area contributed by atoms with Crippen molar-refractivity contribution >= 4 is 11.6 Å². The topological polar surface area (TPSA) is 45.2 Å². The number of amides is 1. The summed E-state index contributed by atoms with van der Waals surface area (Å²) >= 11 is 0. The highest BCUT2D eigenvalue weighted by Gasteiger charge is 2.50. The number of nitrogens with one attached hydrogen (secondary N) is 1. The number of nitrogens with zero attached hydrogens (tertiary/aromatic N) is 2. The van der Waals surface area contributed by atoms with E-state index >= 15 is 0 Å². The van der Waals surface area contributed by atoms with Crippen LogP contribution in [-0.2, 0) is 5.54 Å². The second kappa shape index (κ2) is 5.65. The van der Waals surface area contributed by atoms with Gasteiger partial charge in [0.1, 0.15) is 5.82 Å². The summed E-state index contributed by atoms with van der Waals surface area (Å²) in [5.74, 6) is 0.685. The van der Waals surface area contributed by atoms with Crippen LogP contribution in [0, 0.1) is 11.7 Å². The third-order valence-corrected chi connectivity index (χ3v) is 6.04. The number of carbonyl (C=O) groups is 1. The fourth-order valence-electron chi connectivity index (χ4n) is 4.17. The third-order valence-electron chi connectivity index (χ3n) is 6.04. The standard InChI is InChI=1S/C22H22FN3O/c1-13(2)26-12-15-11-17(15)20-18(26)7-8-19(24-20)22(9-10-22)25-21(27)14-3-5-16(23)6-4-14/h3-8,15,17H,1,9-12H2,2H3,(H,25,27). The van der Waals surface area contributed by atoms with E-state index in [4.69, 9.17) is 4.98 Å². The normalized spacial score (nSPS) is 23.9. The first-order valence-electron chi connectivity index (χ1n) is 9.49. The minimum absolute atomic E-state index is 0.181.